The van der Waals surface area contributed by atoms with E-state index in [-0.39, 0.29) is 18.2 Å². The van der Waals surface area contributed by atoms with Gasteiger partial charge in [0.1, 0.15) is 5.92 Å². The maximum atomic E-state index is 13.1. The topological polar surface area (TPSA) is 121 Å². The molecule has 1 aromatic rings. The Morgan fingerprint density at radius 1 is 0.971 bits per heavy atom. The summed E-state index contributed by atoms with van der Waals surface area (Å²) in [6.45, 7) is 6.91. The number of allylic oxidation sites excluding steroid dienone is 5. The number of nitrogens with one attached hydrogen (secondary N) is 3. The van der Waals surface area contributed by atoms with E-state index in [2.05, 4.69) is 16.0 Å². The first-order valence-corrected chi connectivity index (χ1v) is 11.6. The van der Waals surface area contributed by atoms with Gasteiger partial charge in [0.15, 0.2) is 5.78 Å². The molecule has 0 aromatic heterocycles. The van der Waals surface area contributed by atoms with Gasteiger partial charge in [0, 0.05) is 6.08 Å². The molecule has 4 atom stereocenters. The van der Waals surface area contributed by atoms with E-state index in [0.29, 0.717) is 0 Å². The smallest absolute Gasteiger partial charge is 0.244 e. The summed E-state index contributed by atoms with van der Waals surface area (Å²) in [7, 11) is 0. The first-order chi connectivity index (χ1) is 16.6. The van der Waals surface area contributed by atoms with E-state index in [1.165, 1.54) is 13.0 Å². The van der Waals surface area contributed by atoms with Crippen LogP contribution in [-0.4, -0.2) is 35.5 Å². The fourth-order valence-corrected chi connectivity index (χ4v) is 3.78. The van der Waals surface area contributed by atoms with Crippen LogP contribution in [0.4, 0.5) is 0 Å². The number of benzene rings is 1. The highest BCUT2D eigenvalue weighted by molar-refractivity contribution is 6.16. The van der Waals surface area contributed by atoms with E-state index in [1.54, 1.807) is 56.3 Å². The molecular weight excluding hydrogens is 447 g/mol. The number of hydrogen-bond acceptors (Lipinski definition) is 5. The highest BCUT2D eigenvalue weighted by Crippen LogP contribution is 2.24. The molecule has 1 aromatic carbocycles. The van der Waals surface area contributed by atoms with Crippen LogP contribution in [0.5, 0.6) is 0 Å². The van der Waals surface area contributed by atoms with Crippen LogP contribution in [0.1, 0.15) is 45.7 Å². The minimum Gasteiger partial charge on any atom is -0.346 e. The normalized spacial score (nSPS) is 19.9. The zero-order valence-electron chi connectivity index (χ0n) is 20.5. The summed E-state index contributed by atoms with van der Waals surface area (Å²) < 4.78 is 0. The van der Waals surface area contributed by atoms with Crippen LogP contribution in [0.2, 0.25) is 0 Å². The Morgan fingerprint density at radius 3 is 2.20 bits per heavy atom. The van der Waals surface area contributed by atoms with Gasteiger partial charge in [-0.05, 0) is 18.4 Å². The lowest BCUT2D eigenvalue weighted by Crippen LogP contribution is -2.49. The maximum absolute atomic E-state index is 13.1. The van der Waals surface area contributed by atoms with Gasteiger partial charge in [-0.2, -0.15) is 0 Å². The molecule has 1 saturated heterocycles. The molecule has 0 aliphatic carbocycles. The van der Waals surface area contributed by atoms with Crippen molar-refractivity contribution in [1.82, 2.24) is 16.0 Å². The number of carbonyl (C=O) groups excluding carboxylic acids is 5. The van der Waals surface area contributed by atoms with Crippen LogP contribution in [0.3, 0.4) is 0 Å². The van der Waals surface area contributed by atoms with E-state index in [1.807, 2.05) is 25.1 Å². The first kappa shape index (κ1) is 27.4. The average Bonchev–Trinajstić information content (AvgIpc) is 3.07. The third kappa shape index (κ3) is 7.88. The number of carbonyl (C=O) groups is 5. The minimum absolute atomic E-state index is 0.111. The zero-order chi connectivity index (χ0) is 26.0. The van der Waals surface area contributed by atoms with Gasteiger partial charge in [-0.3, -0.25) is 29.3 Å². The fraction of sp³-hybridized carbons (Fsp3) is 0.370. The summed E-state index contributed by atoms with van der Waals surface area (Å²) in [6, 6.07) is 7.46. The SMILES string of the molecule is C/C=C/C=C/C=C/C(=O)N[C@@H](CC(=O)N[C@@H](C(C)C)[13C](=O)[C@@H]1C(=O)NC(=O)[C@H]1C)c1ccccc1. The van der Waals surface area contributed by atoms with Gasteiger partial charge < -0.3 is 10.6 Å². The lowest BCUT2D eigenvalue weighted by atomic mass is 9.96. The minimum atomic E-state index is -1.14. The molecule has 1 aliphatic rings. The lowest BCUT2D eigenvalue weighted by Gasteiger charge is -2.25. The highest BCUT2D eigenvalue weighted by atomic mass is 16.2. The third-order valence-corrected chi connectivity index (χ3v) is 5.72. The Balaban J connectivity index is 2.14. The number of imide groups is 1. The molecule has 0 spiro atoms. The van der Waals surface area contributed by atoms with Gasteiger partial charge in [0.25, 0.3) is 0 Å². The van der Waals surface area contributed by atoms with E-state index in [4.69, 9.17) is 0 Å². The van der Waals surface area contributed by atoms with Crippen LogP contribution in [0.15, 0.2) is 66.8 Å². The summed E-state index contributed by atoms with van der Waals surface area (Å²) in [5, 5.41) is 7.72. The van der Waals surface area contributed by atoms with Crippen LogP contribution in [0, 0.1) is 17.8 Å². The maximum Gasteiger partial charge on any atom is 0.244 e. The predicted octanol–water partition coefficient (Wildman–Crippen LogP) is 2.54. The Morgan fingerprint density at radius 2 is 1.63 bits per heavy atom. The van der Waals surface area contributed by atoms with Crippen LogP contribution >= 0.6 is 0 Å². The zero-order valence-corrected chi connectivity index (χ0v) is 20.5. The van der Waals surface area contributed by atoms with Crippen molar-refractivity contribution in [3.8, 4) is 0 Å². The van der Waals surface area contributed by atoms with Gasteiger partial charge >= 0.3 is 0 Å². The summed E-state index contributed by atoms with van der Waals surface area (Å²) in [5.74, 6) is -4.71. The molecule has 3 N–H and O–H groups in total. The molecule has 8 heteroatoms. The van der Waals surface area contributed by atoms with Gasteiger partial charge in [-0.25, -0.2) is 0 Å². The van der Waals surface area contributed by atoms with Crippen molar-refractivity contribution in [2.75, 3.05) is 0 Å². The molecule has 0 unspecified atom stereocenters. The van der Waals surface area contributed by atoms with E-state index < -0.39 is 47.4 Å². The van der Waals surface area contributed by atoms with Crippen molar-refractivity contribution < 1.29 is 24.0 Å². The van der Waals surface area contributed by atoms with Crippen molar-refractivity contribution in [1.29, 1.82) is 0 Å². The summed E-state index contributed by atoms with van der Waals surface area (Å²) in [4.78, 5) is 62.5. The van der Waals surface area contributed by atoms with Gasteiger partial charge in [0.05, 0.1) is 24.4 Å². The average molecular weight is 481 g/mol. The number of ketones is 1. The molecular formula is C27H33N3O5. The Labute approximate surface area is 205 Å². The number of amides is 4. The van der Waals surface area contributed by atoms with Crippen molar-refractivity contribution in [2.24, 2.45) is 17.8 Å². The van der Waals surface area contributed by atoms with Crippen LogP contribution in [0.25, 0.3) is 0 Å². The van der Waals surface area contributed by atoms with Gasteiger partial charge in [-0.15, -0.1) is 0 Å². The van der Waals surface area contributed by atoms with E-state index in [0.717, 1.165) is 5.56 Å². The van der Waals surface area contributed by atoms with E-state index >= 15 is 0 Å². The summed E-state index contributed by atoms with van der Waals surface area (Å²) >= 11 is 0. The van der Waals surface area contributed by atoms with Gasteiger partial charge in [0.2, 0.25) is 23.6 Å². The number of hydrogen-bond donors (Lipinski definition) is 3. The third-order valence-electron chi connectivity index (χ3n) is 5.72. The molecule has 1 fully saturated rings. The fourth-order valence-electron chi connectivity index (χ4n) is 3.78. The highest BCUT2D eigenvalue weighted by Gasteiger charge is 2.46. The first-order valence-electron chi connectivity index (χ1n) is 11.6. The predicted molar refractivity (Wildman–Crippen MR) is 133 cm³/mol. The van der Waals surface area contributed by atoms with Gasteiger partial charge in [-0.1, -0.05) is 81.5 Å². The molecule has 1 heterocycles. The second kappa shape index (κ2) is 13.2. The quantitative estimate of drug-likeness (QED) is 0.148. The molecule has 2 rings (SSSR count). The largest absolute Gasteiger partial charge is 0.346 e. The molecule has 1 aliphatic heterocycles. The van der Waals surface area contributed by atoms with Crippen molar-refractivity contribution in [3.05, 3.63) is 72.4 Å². The molecule has 4 amide bonds. The second-order valence-corrected chi connectivity index (χ2v) is 8.76. The molecule has 8 nitrogen and oxygen atoms in total. The molecule has 0 radical (unpaired) electrons. The summed E-state index contributed by atoms with van der Waals surface area (Å²) in [6.07, 6.45) is 10.0. The molecule has 0 bridgehead atoms. The Bertz CT molecular complexity index is 1030. The van der Waals surface area contributed by atoms with Crippen LogP contribution < -0.4 is 16.0 Å². The number of Topliss-reactive ketones (excluding diaryl/α,β-unsaturated/α-hetero) is 1. The second-order valence-electron chi connectivity index (χ2n) is 8.76. The standard InChI is InChI=1S/C27H33N3O5/c1-5-6-7-8-12-15-21(31)28-20(19-13-10-9-11-14-19)16-22(32)29-24(17(2)3)25(33)23-18(4)26(34)30-27(23)35/h5-15,17-18,20,23-24H,16H2,1-4H3,(H,28,31)(H,29,32)(H,30,34,35)/b6-5+,8-7+,15-12+/t18-,20-,23+,24-/m0/s1/i25+1. The summed E-state index contributed by atoms with van der Waals surface area (Å²) in [5.41, 5.74) is 0.732. The number of rotatable bonds is 11. The van der Waals surface area contributed by atoms with Crippen molar-refractivity contribution in [3.63, 3.8) is 0 Å². The van der Waals surface area contributed by atoms with Crippen molar-refractivity contribution in [2.45, 2.75) is 46.2 Å². The van der Waals surface area contributed by atoms with E-state index in [9.17, 15) is 24.0 Å². The molecule has 0 saturated carbocycles. The Kier molecular flexibility index (Phi) is 10.3. The molecule has 186 valence electrons. The molecule has 35 heavy (non-hydrogen) atoms. The van der Waals surface area contributed by atoms with Crippen molar-refractivity contribution >= 4 is 29.4 Å². The lowest BCUT2D eigenvalue weighted by molar-refractivity contribution is -0.137. The monoisotopic (exact) mass is 480 g/mol. The van der Waals surface area contributed by atoms with Crippen LogP contribution in [-0.2, 0) is 24.0 Å². The Hall–Kier alpha value is -3.81.